The quantitative estimate of drug-likeness (QED) is 0.754. The molecule has 23 heavy (non-hydrogen) atoms. The van der Waals surface area contributed by atoms with E-state index in [1.807, 2.05) is 48.5 Å². The summed E-state index contributed by atoms with van der Waals surface area (Å²) in [6, 6.07) is 15.2. The summed E-state index contributed by atoms with van der Waals surface area (Å²) in [6.45, 7) is 0.984. The van der Waals surface area contributed by atoms with E-state index in [2.05, 4.69) is 16.4 Å². The first-order valence-corrected chi connectivity index (χ1v) is 7.22. The molecule has 2 N–H and O–H groups in total. The van der Waals surface area contributed by atoms with Crippen molar-refractivity contribution in [2.75, 3.05) is 20.3 Å². The van der Waals surface area contributed by atoms with Crippen molar-refractivity contribution in [3.8, 4) is 28.6 Å². The minimum atomic E-state index is 0.489. The summed E-state index contributed by atoms with van der Waals surface area (Å²) in [5.41, 5.74) is 7.24. The van der Waals surface area contributed by atoms with Crippen LogP contribution in [0.1, 0.15) is 0 Å². The number of nitrogens with zero attached hydrogens (tertiary/aromatic N) is 3. The first kappa shape index (κ1) is 15.1. The summed E-state index contributed by atoms with van der Waals surface area (Å²) in [5.74, 6) is 2.28. The van der Waals surface area contributed by atoms with Crippen molar-refractivity contribution in [1.29, 1.82) is 0 Å². The van der Waals surface area contributed by atoms with Crippen molar-refractivity contribution in [3.63, 3.8) is 0 Å². The van der Waals surface area contributed by atoms with Crippen molar-refractivity contribution in [2.45, 2.75) is 0 Å². The van der Waals surface area contributed by atoms with Crippen LogP contribution >= 0.6 is 0 Å². The summed E-state index contributed by atoms with van der Waals surface area (Å²) < 4.78 is 12.4. The van der Waals surface area contributed by atoms with Gasteiger partial charge in [-0.15, -0.1) is 5.10 Å². The molecule has 0 saturated heterocycles. The summed E-state index contributed by atoms with van der Waals surface area (Å²) in [5, 5.41) is 4.18. The molecule has 117 valence electrons. The maximum absolute atomic E-state index is 5.48. The number of nitrogens with two attached hydrogens (primary N) is 1. The Morgan fingerprint density at radius 3 is 2.39 bits per heavy atom. The van der Waals surface area contributed by atoms with Crippen molar-refractivity contribution in [1.82, 2.24) is 14.8 Å². The topological polar surface area (TPSA) is 75.2 Å². The van der Waals surface area contributed by atoms with Crippen molar-refractivity contribution in [2.24, 2.45) is 5.73 Å². The predicted molar refractivity (Wildman–Crippen MR) is 86.7 cm³/mol. The highest BCUT2D eigenvalue weighted by Gasteiger charge is 2.10. The summed E-state index contributed by atoms with van der Waals surface area (Å²) in [7, 11) is 1.64. The number of benzene rings is 2. The highest BCUT2D eigenvalue weighted by molar-refractivity contribution is 5.59. The molecule has 3 rings (SSSR count). The zero-order valence-corrected chi connectivity index (χ0v) is 12.8. The monoisotopic (exact) mass is 309 g/mol. The highest BCUT2D eigenvalue weighted by Crippen LogP contribution is 2.23. The maximum atomic E-state index is 5.48. The molecule has 0 spiro atoms. The normalized spacial score (nSPS) is 10.5. The molecule has 2 aromatic carbocycles. The van der Waals surface area contributed by atoms with Gasteiger partial charge < -0.3 is 15.2 Å². The number of methoxy groups -OCH3 is 1. The van der Waals surface area contributed by atoms with Crippen LogP contribution in [0.2, 0.25) is 0 Å². The number of hydrogen-bond donors (Lipinski definition) is 1. The molecule has 0 bridgehead atoms. The van der Waals surface area contributed by atoms with E-state index in [0.29, 0.717) is 19.0 Å². The van der Waals surface area contributed by atoms with Gasteiger partial charge in [0.1, 0.15) is 18.1 Å². The van der Waals surface area contributed by atoms with E-state index < -0.39 is 0 Å². The largest absolute Gasteiger partial charge is 0.497 e. The molecule has 0 unspecified atom stereocenters. The van der Waals surface area contributed by atoms with E-state index in [4.69, 9.17) is 15.2 Å². The Morgan fingerprint density at radius 1 is 1.04 bits per heavy atom. The fourth-order valence-corrected chi connectivity index (χ4v) is 2.18. The van der Waals surface area contributed by atoms with E-state index >= 15 is 0 Å². The van der Waals surface area contributed by atoms with Crippen LogP contribution in [0.4, 0.5) is 0 Å². The van der Waals surface area contributed by atoms with Crippen LogP contribution in [0.3, 0.4) is 0 Å². The van der Waals surface area contributed by atoms with Crippen molar-refractivity contribution < 1.29 is 9.47 Å². The third-order valence-electron chi connectivity index (χ3n) is 3.32. The molecule has 0 amide bonds. The second-order valence-electron chi connectivity index (χ2n) is 4.81. The second-order valence-corrected chi connectivity index (χ2v) is 4.81. The third kappa shape index (κ3) is 3.32. The minimum absolute atomic E-state index is 0.489. The molecule has 3 aromatic rings. The highest BCUT2D eigenvalue weighted by atomic mass is 16.5. The van der Waals surface area contributed by atoms with Gasteiger partial charge in [-0.05, 0) is 48.5 Å². The van der Waals surface area contributed by atoms with Gasteiger partial charge in [0.25, 0.3) is 0 Å². The van der Waals surface area contributed by atoms with Crippen LogP contribution in [0.25, 0.3) is 17.1 Å². The van der Waals surface area contributed by atoms with Crippen molar-refractivity contribution >= 4 is 0 Å². The van der Waals surface area contributed by atoms with Crippen molar-refractivity contribution in [3.05, 3.63) is 54.9 Å². The van der Waals surface area contributed by atoms with Crippen LogP contribution < -0.4 is 15.2 Å². The Balaban J connectivity index is 1.87. The van der Waals surface area contributed by atoms with Crippen LogP contribution in [0.15, 0.2) is 48.5 Å². The van der Waals surface area contributed by atoms with E-state index in [1.165, 1.54) is 0 Å². The fraction of sp³-hybridized carbons (Fsp3) is 0.176. The molecule has 1 radical (unpaired) electrons. The zero-order valence-electron chi connectivity index (χ0n) is 12.8. The van der Waals surface area contributed by atoms with Gasteiger partial charge in [-0.2, -0.15) is 0 Å². The first-order valence-electron chi connectivity index (χ1n) is 7.22. The maximum Gasteiger partial charge on any atom is 0.221 e. The van der Waals surface area contributed by atoms with Crippen LogP contribution in [-0.4, -0.2) is 35.0 Å². The van der Waals surface area contributed by atoms with E-state index in [9.17, 15) is 0 Å². The van der Waals surface area contributed by atoms with Gasteiger partial charge >= 0.3 is 0 Å². The number of hydrogen-bond acceptors (Lipinski definition) is 5. The Morgan fingerprint density at radius 2 is 1.74 bits per heavy atom. The molecule has 0 saturated carbocycles. The van der Waals surface area contributed by atoms with Gasteiger partial charge in [0, 0.05) is 12.1 Å². The predicted octanol–water partition coefficient (Wildman–Crippen LogP) is 2.08. The van der Waals surface area contributed by atoms with Gasteiger partial charge in [0.05, 0.1) is 12.8 Å². The molecule has 1 heterocycles. The number of ether oxygens (including phenoxy) is 2. The van der Waals surface area contributed by atoms with Gasteiger partial charge in [0.2, 0.25) is 6.33 Å². The molecule has 0 aliphatic heterocycles. The lowest BCUT2D eigenvalue weighted by Crippen LogP contribution is -2.10. The lowest BCUT2D eigenvalue weighted by atomic mass is 10.2. The number of aromatic nitrogens is 3. The Labute approximate surface area is 134 Å². The molecule has 6 heteroatoms. The molecule has 0 atom stereocenters. The first-order chi connectivity index (χ1) is 11.3. The molecule has 6 nitrogen and oxygen atoms in total. The average Bonchev–Trinajstić information content (AvgIpc) is 3.10. The smallest absolute Gasteiger partial charge is 0.221 e. The Kier molecular flexibility index (Phi) is 4.54. The van der Waals surface area contributed by atoms with Gasteiger partial charge in [-0.1, -0.05) is 0 Å². The van der Waals surface area contributed by atoms with Crippen LogP contribution in [-0.2, 0) is 0 Å². The van der Waals surface area contributed by atoms with Gasteiger partial charge in [-0.25, -0.2) is 9.67 Å². The molecule has 0 aliphatic carbocycles. The third-order valence-corrected chi connectivity index (χ3v) is 3.32. The van der Waals surface area contributed by atoms with Crippen LogP contribution in [0.5, 0.6) is 11.5 Å². The number of rotatable bonds is 6. The summed E-state index contributed by atoms with van der Waals surface area (Å²) >= 11 is 0. The molecule has 0 fully saturated rings. The zero-order chi connectivity index (χ0) is 16.1. The van der Waals surface area contributed by atoms with Crippen LogP contribution in [0, 0.1) is 6.33 Å². The standard InChI is InChI=1S/C17H17N4O2/c1-22-15-8-4-14(5-9-15)21-17(19-12-20-21)13-2-6-16(7-3-13)23-11-10-18/h2-9H,10-11,18H2,1H3. The van der Waals surface area contributed by atoms with E-state index in [0.717, 1.165) is 22.7 Å². The van der Waals surface area contributed by atoms with Gasteiger partial charge in [-0.3, -0.25) is 0 Å². The minimum Gasteiger partial charge on any atom is -0.497 e. The second kappa shape index (κ2) is 6.93. The van der Waals surface area contributed by atoms with Gasteiger partial charge in [0.15, 0.2) is 5.82 Å². The lowest BCUT2D eigenvalue weighted by Gasteiger charge is -2.08. The SMILES string of the molecule is COc1ccc(-n2n[c]nc2-c2ccc(OCCN)cc2)cc1. The average molecular weight is 309 g/mol. The molecule has 0 aliphatic rings. The summed E-state index contributed by atoms with van der Waals surface area (Å²) in [4.78, 5) is 4.23. The summed E-state index contributed by atoms with van der Waals surface area (Å²) in [6.07, 6.45) is 2.66. The molecular formula is C17H17N4O2. The fourth-order valence-electron chi connectivity index (χ4n) is 2.18. The molecular weight excluding hydrogens is 292 g/mol. The molecule has 1 aromatic heterocycles. The van der Waals surface area contributed by atoms with E-state index in [-0.39, 0.29) is 0 Å². The van der Waals surface area contributed by atoms with E-state index in [1.54, 1.807) is 11.8 Å². The Hall–Kier alpha value is -2.86. The lowest BCUT2D eigenvalue weighted by molar-refractivity contribution is 0.328. The Bertz CT molecular complexity index is 751.